The number of hydrogen-bond donors (Lipinski definition) is 1. The normalized spacial score (nSPS) is 16.1. The SMILES string of the molecule is NCC(F)(c1ccccc1Cl)C(F)(F)F. The molecular formula is C9H8ClF4N. The van der Waals surface area contributed by atoms with Gasteiger partial charge >= 0.3 is 6.18 Å². The van der Waals surface area contributed by atoms with Crippen molar-refractivity contribution in [2.24, 2.45) is 5.73 Å². The first-order valence-electron chi connectivity index (χ1n) is 4.03. The molecule has 1 aromatic carbocycles. The first kappa shape index (κ1) is 12.3. The highest BCUT2D eigenvalue weighted by Gasteiger charge is 2.57. The first-order chi connectivity index (χ1) is 6.83. The largest absolute Gasteiger partial charge is 0.428 e. The van der Waals surface area contributed by atoms with Crippen LogP contribution in [0.3, 0.4) is 0 Å². The summed E-state index contributed by atoms with van der Waals surface area (Å²) in [7, 11) is 0. The van der Waals surface area contributed by atoms with E-state index in [1.807, 2.05) is 0 Å². The zero-order valence-electron chi connectivity index (χ0n) is 7.48. The number of alkyl halides is 4. The summed E-state index contributed by atoms with van der Waals surface area (Å²) in [6, 6.07) is 4.85. The molecule has 0 aliphatic heterocycles. The Morgan fingerprint density at radius 2 is 1.67 bits per heavy atom. The minimum atomic E-state index is -5.08. The number of hydrogen-bond acceptors (Lipinski definition) is 1. The second-order valence-corrected chi connectivity index (χ2v) is 3.39. The molecule has 0 heterocycles. The summed E-state index contributed by atoms with van der Waals surface area (Å²) in [5, 5.41) is -0.289. The predicted octanol–water partition coefficient (Wildman–Crippen LogP) is 3.03. The van der Waals surface area contributed by atoms with Crippen LogP contribution in [0.2, 0.25) is 5.02 Å². The van der Waals surface area contributed by atoms with Gasteiger partial charge in [0.2, 0.25) is 5.67 Å². The highest BCUT2D eigenvalue weighted by atomic mass is 35.5. The van der Waals surface area contributed by atoms with Gasteiger partial charge in [0.25, 0.3) is 0 Å². The van der Waals surface area contributed by atoms with Crippen LogP contribution in [0.5, 0.6) is 0 Å². The van der Waals surface area contributed by atoms with Gasteiger partial charge in [0.1, 0.15) is 0 Å². The molecule has 0 aliphatic carbocycles. The fraction of sp³-hybridized carbons (Fsp3) is 0.333. The summed E-state index contributed by atoms with van der Waals surface area (Å²) < 4.78 is 51.1. The highest BCUT2D eigenvalue weighted by molar-refractivity contribution is 6.31. The number of benzene rings is 1. The van der Waals surface area contributed by atoms with E-state index in [1.54, 1.807) is 0 Å². The third-order valence-electron chi connectivity index (χ3n) is 2.03. The average molecular weight is 242 g/mol. The summed E-state index contributed by atoms with van der Waals surface area (Å²) >= 11 is 5.50. The van der Waals surface area contributed by atoms with Crippen molar-refractivity contribution in [3.8, 4) is 0 Å². The van der Waals surface area contributed by atoms with Crippen molar-refractivity contribution in [2.45, 2.75) is 11.8 Å². The molecule has 1 unspecified atom stereocenters. The Morgan fingerprint density at radius 3 is 2.07 bits per heavy atom. The van der Waals surface area contributed by atoms with E-state index in [0.717, 1.165) is 6.07 Å². The Kier molecular flexibility index (Phi) is 3.25. The van der Waals surface area contributed by atoms with E-state index in [2.05, 4.69) is 0 Å². The molecule has 84 valence electrons. The predicted molar refractivity (Wildman–Crippen MR) is 49.3 cm³/mol. The monoisotopic (exact) mass is 241 g/mol. The van der Waals surface area contributed by atoms with Crippen molar-refractivity contribution in [2.75, 3.05) is 6.54 Å². The maximum Gasteiger partial charge on any atom is 0.428 e. The molecule has 0 spiro atoms. The summed E-state index contributed by atoms with van der Waals surface area (Å²) in [6.45, 7) is -1.19. The van der Waals surface area contributed by atoms with Gasteiger partial charge in [0.05, 0.1) is 0 Å². The van der Waals surface area contributed by atoms with Gasteiger partial charge in [-0.2, -0.15) is 13.2 Å². The fourth-order valence-electron chi connectivity index (χ4n) is 1.16. The smallest absolute Gasteiger partial charge is 0.327 e. The lowest BCUT2D eigenvalue weighted by Gasteiger charge is -2.27. The van der Waals surface area contributed by atoms with Crippen LogP contribution < -0.4 is 5.73 Å². The minimum Gasteiger partial charge on any atom is -0.327 e. The lowest BCUT2D eigenvalue weighted by atomic mass is 9.95. The Bertz CT molecular complexity index is 352. The molecule has 0 aromatic heterocycles. The molecule has 1 nitrogen and oxygen atoms in total. The molecule has 15 heavy (non-hydrogen) atoms. The minimum absolute atomic E-state index is 0.289. The van der Waals surface area contributed by atoms with Crippen LogP contribution in [0.1, 0.15) is 5.56 Å². The average Bonchev–Trinajstić information content (AvgIpc) is 2.15. The Balaban J connectivity index is 3.30. The highest BCUT2D eigenvalue weighted by Crippen LogP contribution is 2.44. The Labute approximate surface area is 88.8 Å². The quantitative estimate of drug-likeness (QED) is 0.792. The molecule has 0 bridgehead atoms. The van der Waals surface area contributed by atoms with E-state index in [1.165, 1.54) is 18.2 Å². The molecule has 0 saturated heterocycles. The second kappa shape index (κ2) is 3.98. The van der Waals surface area contributed by atoms with Gasteiger partial charge in [0.15, 0.2) is 0 Å². The van der Waals surface area contributed by atoms with Crippen LogP contribution in [-0.4, -0.2) is 12.7 Å². The molecule has 0 aliphatic rings. The standard InChI is InChI=1S/C9H8ClF4N/c10-7-4-2-1-3-6(7)8(11,5-15)9(12,13)14/h1-4H,5,15H2. The van der Waals surface area contributed by atoms with Crippen molar-refractivity contribution in [1.82, 2.24) is 0 Å². The van der Waals surface area contributed by atoms with Gasteiger partial charge in [-0.3, -0.25) is 0 Å². The van der Waals surface area contributed by atoms with Gasteiger partial charge < -0.3 is 5.73 Å². The molecular weight excluding hydrogens is 234 g/mol. The van der Waals surface area contributed by atoms with Crippen LogP contribution in [0.25, 0.3) is 0 Å². The topological polar surface area (TPSA) is 26.0 Å². The lowest BCUT2D eigenvalue weighted by molar-refractivity contribution is -0.231. The van der Waals surface area contributed by atoms with E-state index in [9.17, 15) is 17.6 Å². The van der Waals surface area contributed by atoms with Crippen LogP contribution in [-0.2, 0) is 5.67 Å². The van der Waals surface area contributed by atoms with Gasteiger partial charge in [-0.05, 0) is 6.07 Å². The van der Waals surface area contributed by atoms with E-state index < -0.39 is 24.0 Å². The van der Waals surface area contributed by atoms with Gasteiger partial charge in [-0.25, -0.2) is 4.39 Å². The number of rotatable bonds is 2. The summed E-state index contributed by atoms with van der Waals surface area (Å²) in [5.74, 6) is 0. The molecule has 0 radical (unpaired) electrons. The Hall–Kier alpha value is -0.810. The molecule has 0 amide bonds. The molecule has 1 atom stereocenters. The molecule has 1 rings (SSSR count). The Morgan fingerprint density at radius 1 is 1.13 bits per heavy atom. The van der Waals surface area contributed by atoms with Crippen molar-refractivity contribution in [3.05, 3.63) is 34.9 Å². The fourth-order valence-corrected chi connectivity index (χ4v) is 1.45. The molecule has 0 saturated carbocycles. The zero-order valence-corrected chi connectivity index (χ0v) is 8.24. The van der Waals surface area contributed by atoms with E-state index >= 15 is 0 Å². The van der Waals surface area contributed by atoms with Gasteiger partial charge in [0, 0.05) is 17.1 Å². The summed E-state index contributed by atoms with van der Waals surface area (Å²) in [4.78, 5) is 0. The third-order valence-corrected chi connectivity index (χ3v) is 2.36. The van der Waals surface area contributed by atoms with Crippen molar-refractivity contribution in [1.29, 1.82) is 0 Å². The zero-order chi connectivity index (χ0) is 11.7. The summed E-state index contributed by atoms with van der Waals surface area (Å²) in [5.41, 5.74) is 0.597. The third kappa shape index (κ3) is 2.08. The van der Waals surface area contributed by atoms with E-state index in [4.69, 9.17) is 17.3 Å². The molecule has 1 aromatic rings. The van der Waals surface area contributed by atoms with Crippen molar-refractivity contribution in [3.63, 3.8) is 0 Å². The number of nitrogens with two attached hydrogens (primary N) is 1. The van der Waals surface area contributed by atoms with Crippen LogP contribution >= 0.6 is 11.6 Å². The lowest BCUT2D eigenvalue weighted by Crippen LogP contribution is -2.44. The number of halogens is 5. The second-order valence-electron chi connectivity index (χ2n) is 2.98. The van der Waals surface area contributed by atoms with Crippen LogP contribution in [0.15, 0.2) is 24.3 Å². The maximum absolute atomic E-state index is 13.7. The maximum atomic E-state index is 13.7. The van der Waals surface area contributed by atoms with Gasteiger partial charge in [-0.15, -0.1) is 0 Å². The van der Waals surface area contributed by atoms with Crippen LogP contribution in [0, 0.1) is 0 Å². The van der Waals surface area contributed by atoms with Crippen molar-refractivity contribution < 1.29 is 17.6 Å². The molecule has 2 N–H and O–H groups in total. The molecule has 0 fully saturated rings. The molecule has 6 heteroatoms. The van der Waals surface area contributed by atoms with Gasteiger partial charge in [-0.1, -0.05) is 29.8 Å². The summed E-state index contributed by atoms with van der Waals surface area (Å²) in [6.07, 6.45) is -5.08. The van der Waals surface area contributed by atoms with Crippen molar-refractivity contribution >= 4 is 11.6 Å². The van der Waals surface area contributed by atoms with E-state index in [0.29, 0.717) is 0 Å². The van der Waals surface area contributed by atoms with Crippen LogP contribution in [0.4, 0.5) is 17.6 Å². The van der Waals surface area contributed by atoms with E-state index in [-0.39, 0.29) is 5.02 Å². The first-order valence-corrected chi connectivity index (χ1v) is 4.41.